The van der Waals surface area contributed by atoms with Gasteiger partial charge in [0, 0.05) is 0 Å². The van der Waals surface area contributed by atoms with E-state index < -0.39 is 42.7 Å². The molecule has 3 rings (SSSR count). The van der Waals surface area contributed by atoms with Gasteiger partial charge >= 0.3 is 0 Å². The molecule has 10 heteroatoms. The molecule has 0 aliphatic carbocycles. The van der Waals surface area contributed by atoms with Crippen LogP contribution in [0.25, 0.3) is 0 Å². The van der Waals surface area contributed by atoms with Crippen LogP contribution < -0.4 is 0 Å². The van der Waals surface area contributed by atoms with Crippen molar-refractivity contribution in [2.45, 2.75) is 30.3 Å². The number of nitrogens with one attached hydrogen (secondary N) is 1. The highest BCUT2D eigenvalue weighted by atomic mass is 16.6. The normalized spacial score (nSPS) is 43.1. The predicted molar refractivity (Wildman–Crippen MR) is 66.7 cm³/mol. The highest BCUT2D eigenvalue weighted by Crippen LogP contribution is 2.30. The molecule has 10 nitrogen and oxygen atoms in total. The quantitative estimate of drug-likeness (QED) is 0.361. The summed E-state index contributed by atoms with van der Waals surface area (Å²) < 4.78 is 5.33. The second-order valence-corrected chi connectivity index (χ2v) is 4.60. The molecule has 3 aliphatic heterocycles. The molecular formula is C10H13N5O5. The van der Waals surface area contributed by atoms with Crippen molar-refractivity contribution in [2.24, 2.45) is 15.0 Å². The summed E-state index contributed by atoms with van der Waals surface area (Å²) in [5.41, 5.74) is -2.01. The van der Waals surface area contributed by atoms with E-state index in [2.05, 4.69) is 15.0 Å². The van der Waals surface area contributed by atoms with E-state index in [4.69, 9.17) is 15.3 Å². The van der Waals surface area contributed by atoms with E-state index in [1.54, 1.807) is 0 Å². The molecule has 1 saturated heterocycles. The van der Waals surface area contributed by atoms with Gasteiger partial charge in [-0.2, -0.15) is 0 Å². The van der Waals surface area contributed by atoms with Crippen molar-refractivity contribution in [3.63, 3.8) is 0 Å². The molecule has 0 saturated carbocycles. The van der Waals surface area contributed by atoms with Crippen molar-refractivity contribution in [3.05, 3.63) is 0 Å². The summed E-state index contributed by atoms with van der Waals surface area (Å²) in [4.78, 5) is 12.4. The Labute approximate surface area is 112 Å². The monoisotopic (exact) mass is 283 g/mol. The summed E-state index contributed by atoms with van der Waals surface area (Å²) in [6.45, 7) is -0.465. The first-order valence-corrected chi connectivity index (χ1v) is 5.87. The summed E-state index contributed by atoms with van der Waals surface area (Å²) in [5, 5.41) is 46.5. The van der Waals surface area contributed by atoms with Crippen molar-refractivity contribution in [3.8, 4) is 0 Å². The largest absolute Gasteiger partial charge is 0.394 e. The van der Waals surface area contributed by atoms with Crippen LogP contribution in [0, 0.1) is 5.41 Å². The Kier molecular flexibility index (Phi) is 2.92. The van der Waals surface area contributed by atoms with Crippen molar-refractivity contribution >= 4 is 24.3 Å². The van der Waals surface area contributed by atoms with Crippen LogP contribution in [-0.4, -0.2) is 86.5 Å². The number of fused-ring (bicyclic) bond motifs is 1. The highest BCUT2D eigenvalue weighted by molar-refractivity contribution is 6.22. The topological polar surface area (TPSA) is 154 Å². The molecule has 0 spiro atoms. The molecule has 108 valence electrons. The zero-order valence-corrected chi connectivity index (χ0v) is 10.2. The Morgan fingerprint density at radius 2 is 2.15 bits per heavy atom. The lowest BCUT2D eigenvalue weighted by Gasteiger charge is -2.29. The third-order valence-corrected chi connectivity index (χ3v) is 3.41. The molecule has 5 N–H and O–H groups in total. The number of hydrogen-bond acceptors (Lipinski definition) is 9. The third-order valence-electron chi connectivity index (χ3n) is 3.41. The molecule has 1 unspecified atom stereocenters. The van der Waals surface area contributed by atoms with E-state index in [1.165, 1.54) is 4.90 Å². The molecule has 20 heavy (non-hydrogen) atoms. The number of hydrogen-bond donors (Lipinski definition) is 5. The van der Waals surface area contributed by atoms with Gasteiger partial charge in [-0.15, -0.1) is 0 Å². The number of aliphatic hydroxyl groups is 4. The number of aliphatic imine (C=N–C) groups is 3. The van der Waals surface area contributed by atoms with Crippen LogP contribution in [0.5, 0.6) is 0 Å². The summed E-state index contributed by atoms with van der Waals surface area (Å²) >= 11 is 0. The van der Waals surface area contributed by atoms with Crippen molar-refractivity contribution in [2.75, 3.05) is 6.61 Å². The van der Waals surface area contributed by atoms with Gasteiger partial charge in [-0.25, -0.2) is 15.0 Å². The van der Waals surface area contributed by atoms with E-state index in [0.717, 1.165) is 12.7 Å². The van der Waals surface area contributed by atoms with E-state index in [1.807, 2.05) is 0 Å². The van der Waals surface area contributed by atoms with Crippen LogP contribution in [-0.2, 0) is 4.74 Å². The van der Waals surface area contributed by atoms with Crippen molar-refractivity contribution < 1.29 is 25.2 Å². The molecule has 5 atom stereocenters. The minimum absolute atomic E-state index is 0.0488. The Hall–Kier alpha value is -1.72. The molecule has 3 heterocycles. The zero-order valence-electron chi connectivity index (χ0n) is 10.2. The van der Waals surface area contributed by atoms with E-state index in [-0.39, 0.29) is 5.84 Å². The first-order chi connectivity index (χ1) is 9.49. The van der Waals surface area contributed by atoms with Crippen LogP contribution in [0.4, 0.5) is 0 Å². The number of nitrogens with zero attached hydrogens (tertiary/aromatic N) is 4. The van der Waals surface area contributed by atoms with Gasteiger partial charge in [0.15, 0.2) is 17.9 Å². The van der Waals surface area contributed by atoms with Crippen molar-refractivity contribution in [1.29, 1.82) is 5.41 Å². The van der Waals surface area contributed by atoms with E-state index in [0.29, 0.717) is 0 Å². The molecular weight excluding hydrogens is 270 g/mol. The fourth-order valence-corrected chi connectivity index (χ4v) is 2.29. The van der Waals surface area contributed by atoms with Gasteiger partial charge in [0.25, 0.3) is 5.72 Å². The van der Waals surface area contributed by atoms with Crippen molar-refractivity contribution in [1.82, 2.24) is 4.90 Å². The minimum Gasteiger partial charge on any atom is -0.394 e. The van der Waals surface area contributed by atoms with Crippen LogP contribution in [0.3, 0.4) is 0 Å². The SMILES string of the molecule is N=C1N=CN=C2N([C@@H]3O[C@H](CO)[C@@H](O)[C@H]3O)C=NC12O. The lowest BCUT2D eigenvalue weighted by molar-refractivity contribution is -0.0521. The number of aliphatic hydroxyl groups excluding tert-OH is 3. The molecule has 0 radical (unpaired) electrons. The van der Waals surface area contributed by atoms with Gasteiger partial charge in [0.05, 0.1) is 12.9 Å². The minimum atomic E-state index is -2.01. The Morgan fingerprint density at radius 3 is 2.80 bits per heavy atom. The van der Waals surface area contributed by atoms with E-state index in [9.17, 15) is 15.3 Å². The van der Waals surface area contributed by atoms with Crippen LogP contribution >= 0.6 is 0 Å². The summed E-state index contributed by atoms with van der Waals surface area (Å²) in [6.07, 6.45) is -2.38. The van der Waals surface area contributed by atoms with Crippen LogP contribution in [0.15, 0.2) is 15.0 Å². The van der Waals surface area contributed by atoms with Gasteiger partial charge in [0.2, 0.25) is 0 Å². The van der Waals surface area contributed by atoms with Gasteiger partial charge in [-0.1, -0.05) is 0 Å². The number of ether oxygens (including phenoxy) is 1. The Morgan fingerprint density at radius 1 is 1.40 bits per heavy atom. The molecule has 1 fully saturated rings. The third kappa shape index (κ3) is 1.63. The van der Waals surface area contributed by atoms with Gasteiger partial charge in [0.1, 0.15) is 24.7 Å². The lowest BCUT2D eigenvalue weighted by atomic mass is 10.1. The maximum atomic E-state index is 10.2. The molecule has 0 amide bonds. The smallest absolute Gasteiger partial charge is 0.278 e. The number of rotatable bonds is 2. The Bertz CT molecular complexity index is 534. The number of amidine groups is 2. The first kappa shape index (κ1) is 13.3. The van der Waals surface area contributed by atoms with Gasteiger partial charge < -0.3 is 25.2 Å². The molecule has 0 aromatic heterocycles. The lowest BCUT2D eigenvalue weighted by Crippen LogP contribution is -2.53. The second-order valence-electron chi connectivity index (χ2n) is 4.60. The average Bonchev–Trinajstić information content (AvgIpc) is 2.91. The summed E-state index contributed by atoms with van der Waals surface area (Å²) in [6, 6.07) is 0. The molecule has 0 aromatic carbocycles. The summed E-state index contributed by atoms with van der Waals surface area (Å²) in [5.74, 6) is -0.458. The zero-order chi connectivity index (χ0) is 14.5. The van der Waals surface area contributed by atoms with Crippen LogP contribution in [0.1, 0.15) is 0 Å². The maximum absolute atomic E-state index is 10.2. The molecule has 3 aliphatic rings. The maximum Gasteiger partial charge on any atom is 0.278 e. The Balaban J connectivity index is 1.90. The summed E-state index contributed by atoms with van der Waals surface area (Å²) in [7, 11) is 0. The molecule has 0 aromatic rings. The standard InChI is InChI=1S/C10H13N5O5/c11-8-10(19)9(13-2-12-8)15(3-14-10)7-6(18)5(17)4(1-16)20-7/h2-7,11,16-19H,1H2/t4-,5-,6-,7-,10?/m1/s1. The first-order valence-electron chi connectivity index (χ1n) is 5.87. The van der Waals surface area contributed by atoms with Gasteiger partial charge in [-0.3, -0.25) is 10.3 Å². The van der Waals surface area contributed by atoms with Crippen LogP contribution in [0.2, 0.25) is 0 Å². The molecule has 0 bridgehead atoms. The fourth-order valence-electron chi connectivity index (χ4n) is 2.29. The predicted octanol–water partition coefficient (Wildman–Crippen LogP) is -3.12. The fraction of sp³-hybridized carbons (Fsp3) is 0.600. The van der Waals surface area contributed by atoms with Gasteiger partial charge in [-0.05, 0) is 0 Å². The van der Waals surface area contributed by atoms with E-state index >= 15 is 0 Å². The average molecular weight is 283 g/mol. The second kappa shape index (κ2) is 4.40. The highest BCUT2D eigenvalue weighted by Gasteiger charge is 2.53.